The lowest BCUT2D eigenvalue weighted by molar-refractivity contribution is 0.421. The van der Waals surface area contributed by atoms with Crippen LogP contribution in [0.3, 0.4) is 0 Å². The van der Waals surface area contributed by atoms with Crippen LogP contribution in [0.15, 0.2) is 29.6 Å². The van der Waals surface area contributed by atoms with Gasteiger partial charge < -0.3 is 10.5 Å². The number of anilines is 1. The first-order valence-electron chi connectivity index (χ1n) is 5.55. The summed E-state index contributed by atoms with van der Waals surface area (Å²) in [5, 5.41) is 7.57. The number of methoxy groups -OCH3 is 1. The third-order valence-corrected chi connectivity index (χ3v) is 3.86. The Kier molecular flexibility index (Phi) is 2.48. The van der Waals surface area contributed by atoms with E-state index >= 15 is 0 Å². The molecule has 0 aliphatic carbocycles. The van der Waals surface area contributed by atoms with Crippen molar-refractivity contribution in [1.29, 1.82) is 0 Å². The molecule has 0 radical (unpaired) electrons. The van der Waals surface area contributed by atoms with E-state index in [1.54, 1.807) is 23.1 Å². The van der Waals surface area contributed by atoms with E-state index in [1.807, 2.05) is 19.2 Å². The number of fused-ring (bicyclic) bond motifs is 1. The van der Waals surface area contributed by atoms with Gasteiger partial charge in [-0.3, -0.25) is 4.68 Å². The highest BCUT2D eigenvalue weighted by Gasteiger charge is 2.14. The van der Waals surface area contributed by atoms with E-state index in [-0.39, 0.29) is 0 Å². The lowest BCUT2D eigenvalue weighted by Gasteiger charge is -2.07. The lowest BCUT2D eigenvalue weighted by atomic mass is 10.1. The van der Waals surface area contributed by atoms with Crippen LogP contribution in [0.5, 0.6) is 5.75 Å². The van der Waals surface area contributed by atoms with Gasteiger partial charge in [-0.1, -0.05) is 0 Å². The number of thiophene rings is 1. The molecule has 3 aromatic rings. The number of rotatable bonds is 2. The number of ether oxygens (including phenoxy) is 1. The lowest BCUT2D eigenvalue weighted by Crippen LogP contribution is -1.96. The van der Waals surface area contributed by atoms with Gasteiger partial charge in [-0.05, 0) is 23.6 Å². The van der Waals surface area contributed by atoms with Gasteiger partial charge in [-0.25, -0.2) is 0 Å². The standard InChI is InChI=1S/C13H13N3OS/c1-16-12(14)7-10(15-16)8-3-4-11-9(5-6-18-11)13(8)17-2/h3-7H,14H2,1-2H3. The molecule has 0 unspecified atom stereocenters. The van der Waals surface area contributed by atoms with E-state index in [4.69, 9.17) is 10.5 Å². The molecule has 4 nitrogen and oxygen atoms in total. The first kappa shape index (κ1) is 11.1. The average molecular weight is 259 g/mol. The minimum atomic E-state index is 0.637. The molecule has 1 aromatic carbocycles. The Bertz CT molecular complexity index is 695. The van der Waals surface area contributed by atoms with Crippen LogP contribution in [0.25, 0.3) is 21.3 Å². The molecule has 0 amide bonds. The summed E-state index contributed by atoms with van der Waals surface area (Å²) in [4.78, 5) is 0. The maximum Gasteiger partial charge on any atom is 0.136 e. The first-order chi connectivity index (χ1) is 8.70. The molecule has 2 aromatic heterocycles. The number of hydrogen-bond donors (Lipinski definition) is 1. The van der Waals surface area contributed by atoms with Gasteiger partial charge in [0.1, 0.15) is 11.6 Å². The molecule has 0 atom stereocenters. The highest BCUT2D eigenvalue weighted by atomic mass is 32.1. The van der Waals surface area contributed by atoms with Crippen LogP contribution in [0.4, 0.5) is 5.82 Å². The molecular formula is C13H13N3OS. The number of nitrogens with two attached hydrogens (primary N) is 1. The van der Waals surface area contributed by atoms with Crippen molar-refractivity contribution in [3.05, 3.63) is 29.6 Å². The van der Waals surface area contributed by atoms with Gasteiger partial charge in [0.25, 0.3) is 0 Å². The molecular weight excluding hydrogens is 246 g/mol. The van der Waals surface area contributed by atoms with Gasteiger partial charge in [0, 0.05) is 28.8 Å². The minimum Gasteiger partial charge on any atom is -0.495 e. The van der Waals surface area contributed by atoms with Gasteiger partial charge >= 0.3 is 0 Å². The Morgan fingerprint density at radius 3 is 2.83 bits per heavy atom. The topological polar surface area (TPSA) is 53.1 Å². The summed E-state index contributed by atoms with van der Waals surface area (Å²) >= 11 is 1.70. The normalized spacial score (nSPS) is 11.0. The van der Waals surface area contributed by atoms with Crippen LogP contribution in [0.1, 0.15) is 0 Å². The zero-order valence-electron chi connectivity index (χ0n) is 10.2. The third kappa shape index (κ3) is 1.55. The second-order valence-corrected chi connectivity index (χ2v) is 5.00. The van der Waals surface area contributed by atoms with E-state index in [0.717, 1.165) is 22.4 Å². The second-order valence-electron chi connectivity index (χ2n) is 4.06. The molecule has 0 bridgehead atoms. The van der Waals surface area contributed by atoms with Crippen LogP contribution >= 0.6 is 11.3 Å². The van der Waals surface area contributed by atoms with Crippen LogP contribution in [0.2, 0.25) is 0 Å². The third-order valence-electron chi connectivity index (χ3n) is 2.98. The van der Waals surface area contributed by atoms with Crippen molar-refractivity contribution in [3.63, 3.8) is 0 Å². The SMILES string of the molecule is COc1c(-c2cc(N)n(C)n2)ccc2sccc12. The fourth-order valence-electron chi connectivity index (χ4n) is 2.05. The highest BCUT2D eigenvalue weighted by molar-refractivity contribution is 7.17. The van der Waals surface area contributed by atoms with Gasteiger partial charge in [0.2, 0.25) is 0 Å². The summed E-state index contributed by atoms with van der Waals surface area (Å²) < 4.78 is 8.40. The van der Waals surface area contributed by atoms with Crippen molar-refractivity contribution in [3.8, 4) is 17.0 Å². The van der Waals surface area contributed by atoms with E-state index < -0.39 is 0 Å². The molecule has 92 valence electrons. The predicted molar refractivity (Wildman–Crippen MR) is 75.0 cm³/mol. The molecule has 0 fully saturated rings. The summed E-state index contributed by atoms with van der Waals surface area (Å²) in [6, 6.07) is 8.03. The van der Waals surface area contributed by atoms with E-state index in [2.05, 4.69) is 22.6 Å². The minimum absolute atomic E-state index is 0.637. The summed E-state index contributed by atoms with van der Waals surface area (Å²) in [6.07, 6.45) is 0. The van der Waals surface area contributed by atoms with E-state index in [1.165, 1.54) is 4.70 Å². The van der Waals surface area contributed by atoms with Crippen molar-refractivity contribution >= 4 is 27.2 Å². The molecule has 2 heterocycles. The maximum absolute atomic E-state index is 5.82. The van der Waals surface area contributed by atoms with Crippen molar-refractivity contribution in [2.75, 3.05) is 12.8 Å². The Morgan fingerprint density at radius 1 is 1.33 bits per heavy atom. The summed E-state index contributed by atoms with van der Waals surface area (Å²) in [6.45, 7) is 0. The first-order valence-corrected chi connectivity index (χ1v) is 6.42. The zero-order chi connectivity index (χ0) is 12.7. The fourth-order valence-corrected chi connectivity index (χ4v) is 2.84. The van der Waals surface area contributed by atoms with E-state index in [0.29, 0.717) is 5.82 Å². The summed E-state index contributed by atoms with van der Waals surface area (Å²) in [5.74, 6) is 1.49. The van der Waals surface area contributed by atoms with Crippen molar-refractivity contribution < 1.29 is 4.74 Å². The van der Waals surface area contributed by atoms with Gasteiger partial charge in [0.05, 0.1) is 12.8 Å². The molecule has 2 N–H and O–H groups in total. The predicted octanol–water partition coefficient (Wildman–Crippen LogP) is 2.89. The fraction of sp³-hybridized carbons (Fsp3) is 0.154. The molecule has 0 spiro atoms. The number of hydrogen-bond acceptors (Lipinski definition) is 4. The maximum atomic E-state index is 5.82. The summed E-state index contributed by atoms with van der Waals surface area (Å²) in [5.41, 5.74) is 7.63. The molecule has 5 heteroatoms. The number of aromatic nitrogens is 2. The van der Waals surface area contributed by atoms with Crippen molar-refractivity contribution in [1.82, 2.24) is 9.78 Å². The molecule has 3 rings (SSSR count). The van der Waals surface area contributed by atoms with Crippen LogP contribution < -0.4 is 10.5 Å². The molecule has 0 saturated carbocycles. The van der Waals surface area contributed by atoms with Gasteiger partial charge in [0.15, 0.2) is 0 Å². The Hall–Kier alpha value is -2.01. The monoisotopic (exact) mass is 259 g/mol. The largest absolute Gasteiger partial charge is 0.495 e. The quantitative estimate of drug-likeness (QED) is 0.770. The smallest absolute Gasteiger partial charge is 0.136 e. The molecule has 0 aliphatic rings. The molecule has 0 aliphatic heterocycles. The van der Waals surface area contributed by atoms with Gasteiger partial charge in [-0.2, -0.15) is 5.10 Å². The Balaban J connectivity index is 2.27. The molecule has 18 heavy (non-hydrogen) atoms. The van der Waals surface area contributed by atoms with Crippen molar-refractivity contribution in [2.24, 2.45) is 7.05 Å². The van der Waals surface area contributed by atoms with E-state index in [9.17, 15) is 0 Å². The number of benzene rings is 1. The average Bonchev–Trinajstić information content (AvgIpc) is 2.95. The van der Waals surface area contributed by atoms with Crippen molar-refractivity contribution in [2.45, 2.75) is 0 Å². The zero-order valence-corrected chi connectivity index (χ0v) is 11.0. The van der Waals surface area contributed by atoms with Crippen LogP contribution in [0, 0.1) is 0 Å². The number of nitrogens with zero attached hydrogens (tertiary/aromatic N) is 2. The Morgan fingerprint density at radius 2 is 2.17 bits per heavy atom. The number of aryl methyl sites for hydroxylation is 1. The second kappa shape index (κ2) is 4.03. The highest BCUT2D eigenvalue weighted by Crippen LogP contribution is 2.38. The molecule has 0 saturated heterocycles. The van der Waals surface area contributed by atoms with Gasteiger partial charge in [-0.15, -0.1) is 11.3 Å². The summed E-state index contributed by atoms with van der Waals surface area (Å²) in [7, 11) is 3.51. The van der Waals surface area contributed by atoms with Crippen LogP contribution in [-0.2, 0) is 7.05 Å². The number of nitrogen functional groups attached to an aromatic ring is 1. The van der Waals surface area contributed by atoms with Crippen LogP contribution in [-0.4, -0.2) is 16.9 Å². The Labute approximate surface area is 109 Å².